The van der Waals surface area contributed by atoms with E-state index in [-0.39, 0.29) is 11.9 Å². The molecule has 20 heavy (non-hydrogen) atoms. The average molecular weight is 297 g/mol. The summed E-state index contributed by atoms with van der Waals surface area (Å²) in [6.45, 7) is 1.97. The molecule has 1 aromatic carbocycles. The predicted octanol–water partition coefficient (Wildman–Crippen LogP) is 2.32. The first-order valence-corrected chi connectivity index (χ1v) is 7.41. The lowest BCUT2D eigenvalue weighted by Crippen LogP contribution is -2.48. The quantitative estimate of drug-likeness (QED) is 0.907. The van der Waals surface area contributed by atoms with Crippen LogP contribution in [0.5, 0.6) is 5.75 Å². The van der Waals surface area contributed by atoms with Gasteiger partial charge in [-0.05, 0) is 37.6 Å². The van der Waals surface area contributed by atoms with Crippen molar-refractivity contribution in [3.63, 3.8) is 0 Å². The number of benzene rings is 1. The summed E-state index contributed by atoms with van der Waals surface area (Å²) in [5.41, 5.74) is 0. The molecule has 110 valence electrons. The van der Waals surface area contributed by atoms with E-state index in [0.717, 1.165) is 31.6 Å². The van der Waals surface area contributed by atoms with E-state index in [1.807, 2.05) is 19.2 Å². The van der Waals surface area contributed by atoms with Crippen molar-refractivity contribution in [3.05, 3.63) is 29.3 Å². The molecule has 0 saturated carbocycles. The summed E-state index contributed by atoms with van der Waals surface area (Å²) >= 11 is 5.89. The summed E-state index contributed by atoms with van der Waals surface area (Å²) in [6.07, 6.45) is 3.21. The van der Waals surface area contributed by atoms with Crippen LogP contribution < -0.4 is 10.1 Å². The summed E-state index contributed by atoms with van der Waals surface area (Å²) < 4.78 is 5.60. The van der Waals surface area contributed by atoms with Gasteiger partial charge in [-0.3, -0.25) is 4.79 Å². The van der Waals surface area contributed by atoms with Crippen LogP contribution in [0.1, 0.15) is 19.3 Å². The highest BCUT2D eigenvalue weighted by atomic mass is 35.5. The lowest BCUT2D eigenvalue weighted by Gasteiger charge is -2.27. The Bertz CT molecular complexity index is 447. The number of likely N-dealkylation sites (N-methyl/N-ethyl adjacent to an activating group) is 1. The first-order chi connectivity index (χ1) is 9.66. The molecule has 0 spiro atoms. The molecule has 1 fully saturated rings. The number of hydrogen-bond donors (Lipinski definition) is 1. The summed E-state index contributed by atoms with van der Waals surface area (Å²) in [4.78, 5) is 13.9. The number of piperidine rings is 1. The number of halogens is 1. The van der Waals surface area contributed by atoms with E-state index in [0.29, 0.717) is 18.2 Å². The maximum atomic E-state index is 12.2. The highest BCUT2D eigenvalue weighted by molar-refractivity contribution is 6.30. The van der Waals surface area contributed by atoms with Crippen LogP contribution >= 0.6 is 11.6 Å². The van der Waals surface area contributed by atoms with Crippen molar-refractivity contribution in [3.8, 4) is 5.75 Å². The largest absolute Gasteiger partial charge is 0.492 e. The molecule has 5 heteroatoms. The van der Waals surface area contributed by atoms with Gasteiger partial charge in [0.15, 0.2) is 0 Å². The van der Waals surface area contributed by atoms with Crippen molar-refractivity contribution < 1.29 is 9.53 Å². The van der Waals surface area contributed by atoms with Crippen LogP contribution in [0.2, 0.25) is 5.02 Å². The molecule has 2 rings (SSSR count). The lowest BCUT2D eigenvalue weighted by molar-refractivity contribution is -0.133. The van der Waals surface area contributed by atoms with Crippen molar-refractivity contribution in [2.45, 2.75) is 25.3 Å². The van der Waals surface area contributed by atoms with Crippen molar-refractivity contribution in [1.29, 1.82) is 0 Å². The van der Waals surface area contributed by atoms with Gasteiger partial charge in [0.1, 0.15) is 12.4 Å². The van der Waals surface area contributed by atoms with Crippen LogP contribution in [0.25, 0.3) is 0 Å². The number of hydrogen-bond acceptors (Lipinski definition) is 3. The fourth-order valence-corrected chi connectivity index (χ4v) is 2.48. The molecule has 1 heterocycles. The predicted molar refractivity (Wildman–Crippen MR) is 80.2 cm³/mol. The Morgan fingerprint density at radius 2 is 2.35 bits per heavy atom. The van der Waals surface area contributed by atoms with E-state index in [1.54, 1.807) is 17.0 Å². The van der Waals surface area contributed by atoms with Gasteiger partial charge in [-0.25, -0.2) is 0 Å². The second-order valence-electron chi connectivity index (χ2n) is 5.07. The van der Waals surface area contributed by atoms with E-state index in [1.165, 1.54) is 0 Å². The molecule has 4 nitrogen and oxygen atoms in total. The minimum atomic E-state index is -0.0279. The number of ether oxygens (including phenoxy) is 1. The molecule has 1 saturated heterocycles. The van der Waals surface area contributed by atoms with Gasteiger partial charge in [0, 0.05) is 12.1 Å². The van der Waals surface area contributed by atoms with Crippen LogP contribution in [-0.4, -0.2) is 43.6 Å². The molecule has 0 bridgehead atoms. The van der Waals surface area contributed by atoms with Crippen LogP contribution in [0, 0.1) is 0 Å². The first kappa shape index (κ1) is 15.1. The average Bonchev–Trinajstić information content (AvgIpc) is 2.47. The van der Waals surface area contributed by atoms with Gasteiger partial charge in [-0.2, -0.15) is 0 Å². The Balaban J connectivity index is 1.74. The highest BCUT2D eigenvalue weighted by Gasteiger charge is 2.23. The molecule has 1 aliphatic heterocycles. The number of amides is 1. The number of nitrogens with zero attached hydrogens (tertiary/aromatic N) is 1. The van der Waals surface area contributed by atoms with Crippen LogP contribution in [-0.2, 0) is 4.79 Å². The number of carbonyl (C=O) groups is 1. The zero-order valence-corrected chi connectivity index (χ0v) is 12.5. The third-order valence-corrected chi connectivity index (χ3v) is 3.71. The van der Waals surface area contributed by atoms with E-state index in [9.17, 15) is 4.79 Å². The zero-order chi connectivity index (χ0) is 14.4. The second kappa shape index (κ2) is 7.50. The Kier molecular flexibility index (Phi) is 5.68. The lowest BCUT2D eigenvalue weighted by atomic mass is 10.0. The number of nitrogens with one attached hydrogen (secondary N) is 1. The van der Waals surface area contributed by atoms with Crippen LogP contribution in [0.3, 0.4) is 0 Å². The van der Waals surface area contributed by atoms with Gasteiger partial charge in [0.05, 0.1) is 12.6 Å². The van der Waals surface area contributed by atoms with E-state index >= 15 is 0 Å². The molecule has 0 unspecified atom stereocenters. The molecule has 0 aliphatic carbocycles. The summed E-state index contributed by atoms with van der Waals surface area (Å²) in [5.74, 6) is 0.883. The number of rotatable bonds is 5. The SMILES string of the molecule is CN(CCOc1cccc(Cl)c1)C(=O)[C@H]1CCCCN1. The minimum absolute atomic E-state index is 0.0279. The van der Waals surface area contributed by atoms with Gasteiger partial charge in [0.25, 0.3) is 0 Å². The molecule has 1 atom stereocenters. The van der Waals surface area contributed by atoms with Crippen molar-refractivity contribution in [2.24, 2.45) is 0 Å². The molecule has 0 aromatic heterocycles. The van der Waals surface area contributed by atoms with Crippen molar-refractivity contribution in [2.75, 3.05) is 26.7 Å². The number of carbonyl (C=O) groups excluding carboxylic acids is 1. The maximum absolute atomic E-state index is 12.2. The first-order valence-electron chi connectivity index (χ1n) is 7.03. The Morgan fingerprint density at radius 3 is 3.05 bits per heavy atom. The van der Waals surface area contributed by atoms with Crippen LogP contribution in [0.4, 0.5) is 0 Å². The third kappa shape index (κ3) is 4.39. The normalized spacial score (nSPS) is 18.6. The van der Waals surface area contributed by atoms with Gasteiger partial charge >= 0.3 is 0 Å². The topological polar surface area (TPSA) is 41.6 Å². The van der Waals surface area contributed by atoms with Gasteiger partial charge in [-0.1, -0.05) is 24.1 Å². The second-order valence-corrected chi connectivity index (χ2v) is 5.50. The molecule has 1 aromatic rings. The zero-order valence-electron chi connectivity index (χ0n) is 11.8. The van der Waals surface area contributed by atoms with Crippen molar-refractivity contribution >= 4 is 17.5 Å². The highest BCUT2D eigenvalue weighted by Crippen LogP contribution is 2.17. The maximum Gasteiger partial charge on any atom is 0.239 e. The van der Waals surface area contributed by atoms with E-state index in [4.69, 9.17) is 16.3 Å². The third-order valence-electron chi connectivity index (χ3n) is 3.48. The molecule has 1 aliphatic rings. The molecular formula is C15H21ClN2O2. The van der Waals surface area contributed by atoms with E-state index < -0.39 is 0 Å². The van der Waals surface area contributed by atoms with Crippen molar-refractivity contribution in [1.82, 2.24) is 10.2 Å². The van der Waals surface area contributed by atoms with Gasteiger partial charge < -0.3 is 15.0 Å². The Morgan fingerprint density at radius 1 is 1.50 bits per heavy atom. The van der Waals surface area contributed by atoms with Crippen LogP contribution in [0.15, 0.2) is 24.3 Å². The molecule has 0 radical (unpaired) electrons. The summed E-state index contributed by atoms with van der Waals surface area (Å²) in [6, 6.07) is 7.25. The Hall–Kier alpha value is -1.26. The monoisotopic (exact) mass is 296 g/mol. The smallest absolute Gasteiger partial charge is 0.239 e. The Labute approximate surface area is 125 Å². The minimum Gasteiger partial charge on any atom is -0.492 e. The fraction of sp³-hybridized carbons (Fsp3) is 0.533. The summed E-state index contributed by atoms with van der Waals surface area (Å²) in [5, 5.41) is 3.92. The summed E-state index contributed by atoms with van der Waals surface area (Å²) in [7, 11) is 1.82. The molecular weight excluding hydrogens is 276 g/mol. The molecule has 1 amide bonds. The fourth-order valence-electron chi connectivity index (χ4n) is 2.30. The standard InChI is InChI=1S/C15H21ClN2O2/c1-18(15(19)14-7-2-3-8-17-14)9-10-20-13-6-4-5-12(16)11-13/h4-6,11,14,17H,2-3,7-10H2,1H3/t14-/m1/s1. The van der Waals surface area contributed by atoms with E-state index in [2.05, 4.69) is 5.32 Å². The van der Waals surface area contributed by atoms with Gasteiger partial charge in [-0.15, -0.1) is 0 Å². The molecule has 1 N–H and O–H groups in total. The van der Waals surface area contributed by atoms with Gasteiger partial charge in [0.2, 0.25) is 5.91 Å².